The van der Waals surface area contributed by atoms with Crippen LogP contribution in [0.2, 0.25) is 0 Å². The summed E-state index contributed by atoms with van der Waals surface area (Å²) in [4.78, 5) is 10.9. The topological polar surface area (TPSA) is 58.6 Å². The minimum absolute atomic E-state index is 0.0512. The molecule has 1 unspecified atom stereocenters. The highest BCUT2D eigenvalue weighted by Gasteiger charge is 2.06. The first-order valence-electron chi connectivity index (χ1n) is 5.45. The molecule has 1 atom stereocenters. The Hall–Kier alpha value is -1.62. The molecule has 0 radical (unpaired) electrons. The number of benzene rings is 1. The first kappa shape index (κ1) is 13.4. The molecular weight excluding hydrogens is 225 g/mol. The molecule has 0 aliphatic heterocycles. The Morgan fingerprint density at radius 2 is 2.12 bits per heavy atom. The van der Waals surface area contributed by atoms with Crippen molar-refractivity contribution in [1.82, 2.24) is 5.32 Å². The van der Waals surface area contributed by atoms with E-state index in [1.54, 1.807) is 6.92 Å². The Bertz CT molecular complexity index is 353. The summed E-state index contributed by atoms with van der Waals surface area (Å²) < 4.78 is 17.8. The van der Waals surface area contributed by atoms with Gasteiger partial charge in [0, 0.05) is 13.0 Å². The molecule has 0 aliphatic rings. The average Bonchev–Trinajstić information content (AvgIpc) is 2.35. The van der Waals surface area contributed by atoms with Gasteiger partial charge in [0.1, 0.15) is 24.3 Å². The molecule has 1 aromatic rings. The molecular formula is C12H16FNO3. The molecule has 94 valence electrons. The summed E-state index contributed by atoms with van der Waals surface area (Å²) in [5, 5.41) is 12.0. The Morgan fingerprint density at radius 1 is 1.47 bits per heavy atom. The molecule has 0 heterocycles. The van der Waals surface area contributed by atoms with Crippen molar-refractivity contribution in [3.05, 3.63) is 30.1 Å². The lowest BCUT2D eigenvalue weighted by Crippen LogP contribution is -2.34. The zero-order valence-corrected chi connectivity index (χ0v) is 9.65. The normalized spacial score (nSPS) is 11.9. The summed E-state index contributed by atoms with van der Waals surface area (Å²) in [5.41, 5.74) is 0. The molecule has 0 spiro atoms. The fourth-order valence-corrected chi connectivity index (χ4v) is 1.14. The zero-order valence-electron chi connectivity index (χ0n) is 9.65. The van der Waals surface area contributed by atoms with Crippen molar-refractivity contribution in [2.24, 2.45) is 0 Å². The molecule has 2 N–H and O–H groups in total. The maximum atomic E-state index is 12.6. The summed E-state index contributed by atoms with van der Waals surface area (Å²) in [6.07, 6.45) is -0.401. The molecule has 0 fully saturated rings. The van der Waals surface area contributed by atoms with Crippen LogP contribution in [0.5, 0.6) is 5.75 Å². The van der Waals surface area contributed by atoms with Crippen LogP contribution in [0, 0.1) is 5.82 Å². The molecule has 1 rings (SSSR count). The van der Waals surface area contributed by atoms with Crippen LogP contribution in [0.1, 0.15) is 13.3 Å². The van der Waals surface area contributed by atoms with Crippen molar-refractivity contribution < 1.29 is 19.0 Å². The van der Waals surface area contributed by atoms with Gasteiger partial charge in [-0.3, -0.25) is 4.79 Å². The average molecular weight is 241 g/mol. The predicted octanol–water partition coefficient (Wildman–Crippen LogP) is 1.09. The number of aliphatic hydroxyl groups is 1. The van der Waals surface area contributed by atoms with E-state index in [1.165, 1.54) is 24.3 Å². The summed E-state index contributed by atoms with van der Waals surface area (Å²) in [5.74, 6) is 0.0196. The minimum atomic E-state index is -0.782. The Balaban J connectivity index is 2.25. The largest absolute Gasteiger partial charge is 0.491 e. The van der Waals surface area contributed by atoms with Crippen LogP contribution < -0.4 is 10.1 Å². The molecule has 17 heavy (non-hydrogen) atoms. The third-order valence-corrected chi connectivity index (χ3v) is 2.11. The van der Waals surface area contributed by atoms with Gasteiger partial charge in [-0.25, -0.2) is 4.39 Å². The van der Waals surface area contributed by atoms with E-state index >= 15 is 0 Å². The fraction of sp³-hybridized carbons (Fsp3) is 0.417. The van der Waals surface area contributed by atoms with Crippen molar-refractivity contribution in [1.29, 1.82) is 0 Å². The lowest BCUT2D eigenvalue weighted by molar-refractivity contribution is -0.121. The Morgan fingerprint density at radius 3 is 2.71 bits per heavy atom. The first-order chi connectivity index (χ1) is 8.11. The van der Waals surface area contributed by atoms with Gasteiger partial charge in [-0.1, -0.05) is 6.92 Å². The molecule has 1 aromatic carbocycles. The second kappa shape index (κ2) is 6.85. The van der Waals surface area contributed by atoms with Crippen LogP contribution in [0.4, 0.5) is 4.39 Å². The van der Waals surface area contributed by atoms with E-state index in [-0.39, 0.29) is 24.9 Å². The van der Waals surface area contributed by atoms with E-state index < -0.39 is 6.10 Å². The number of halogens is 1. The Labute approximate surface area is 99.4 Å². The minimum Gasteiger partial charge on any atom is -0.491 e. The highest BCUT2D eigenvalue weighted by molar-refractivity contribution is 5.75. The molecule has 0 aromatic heterocycles. The highest BCUT2D eigenvalue weighted by atomic mass is 19.1. The lowest BCUT2D eigenvalue weighted by Gasteiger charge is -2.12. The zero-order chi connectivity index (χ0) is 12.7. The second-order valence-electron chi connectivity index (χ2n) is 3.58. The van der Waals surface area contributed by atoms with Crippen LogP contribution in [-0.2, 0) is 4.79 Å². The fourth-order valence-electron chi connectivity index (χ4n) is 1.14. The maximum absolute atomic E-state index is 12.6. The van der Waals surface area contributed by atoms with Gasteiger partial charge in [0.05, 0.1) is 0 Å². The lowest BCUT2D eigenvalue weighted by atomic mass is 10.3. The van der Waals surface area contributed by atoms with E-state index in [0.717, 1.165) is 0 Å². The molecule has 0 bridgehead atoms. The van der Waals surface area contributed by atoms with Crippen molar-refractivity contribution in [3.8, 4) is 5.75 Å². The summed E-state index contributed by atoms with van der Waals surface area (Å²) in [6, 6.07) is 5.51. The standard InChI is InChI=1S/C12H16FNO3/c1-2-12(16)14-7-10(15)8-17-11-5-3-9(13)4-6-11/h3-6,10,15H,2,7-8H2,1H3,(H,14,16). The summed E-state index contributed by atoms with van der Waals surface area (Å²) >= 11 is 0. The van der Waals surface area contributed by atoms with Crippen molar-refractivity contribution in [2.75, 3.05) is 13.2 Å². The van der Waals surface area contributed by atoms with Crippen LogP contribution >= 0.6 is 0 Å². The number of hydrogen-bond acceptors (Lipinski definition) is 3. The monoisotopic (exact) mass is 241 g/mol. The molecule has 0 saturated carbocycles. The van der Waals surface area contributed by atoms with Gasteiger partial charge >= 0.3 is 0 Å². The van der Waals surface area contributed by atoms with E-state index in [9.17, 15) is 14.3 Å². The number of rotatable bonds is 6. The van der Waals surface area contributed by atoms with E-state index in [4.69, 9.17) is 4.74 Å². The Kier molecular flexibility index (Phi) is 5.42. The molecule has 0 saturated heterocycles. The molecule has 4 nitrogen and oxygen atoms in total. The maximum Gasteiger partial charge on any atom is 0.219 e. The van der Waals surface area contributed by atoms with Crippen molar-refractivity contribution >= 4 is 5.91 Å². The third kappa shape index (κ3) is 5.31. The third-order valence-electron chi connectivity index (χ3n) is 2.11. The second-order valence-corrected chi connectivity index (χ2v) is 3.58. The predicted molar refractivity (Wildman–Crippen MR) is 61.2 cm³/mol. The number of carbonyl (C=O) groups is 1. The molecule has 0 aliphatic carbocycles. The highest BCUT2D eigenvalue weighted by Crippen LogP contribution is 2.11. The number of carbonyl (C=O) groups excluding carboxylic acids is 1. The number of ether oxygens (including phenoxy) is 1. The summed E-state index contributed by atoms with van der Waals surface area (Å²) in [7, 11) is 0. The van der Waals surface area contributed by atoms with E-state index in [1.807, 2.05) is 0 Å². The first-order valence-corrected chi connectivity index (χ1v) is 5.45. The van der Waals surface area contributed by atoms with Gasteiger partial charge in [-0.2, -0.15) is 0 Å². The van der Waals surface area contributed by atoms with Crippen LogP contribution in [0.15, 0.2) is 24.3 Å². The smallest absolute Gasteiger partial charge is 0.219 e. The van der Waals surface area contributed by atoms with Crippen LogP contribution in [-0.4, -0.2) is 30.3 Å². The van der Waals surface area contributed by atoms with Gasteiger partial charge < -0.3 is 15.2 Å². The van der Waals surface area contributed by atoms with Gasteiger partial charge in [-0.15, -0.1) is 0 Å². The number of amides is 1. The van der Waals surface area contributed by atoms with Crippen LogP contribution in [0.3, 0.4) is 0 Å². The van der Waals surface area contributed by atoms with E-state index in [0.29, 0.717) is 12.2 Å². The SMILES string of the molecule is CCC(=O)NCC(O)COc1ccc(F)cc1. The van der Waals surface area contributed by atoms with Crippen LogP contribution in [0.25, 0.3) is 0 Å². The quantitative estimate of drug-likeness (QED) is 0.784. The van der Waals surface area contributed by atoms with Gasteiger partial charge in [0.2, 0.25) is 5.91 Å². The van der Waals surface area contributed by atoms with E-state index in [2.05, 4.69) is 5.32 Å². The van der Waals surface area contributed by atoms with Gasteiger partial charge in [-0.05, 0) is 24.3 Å². The molecule has 5 heteroatoms. The van der Waals surface area contributed by atoms with Crippen molar-refractivity contribution in [2.45, 2.75) is 19.4 Å². The van der Waals surface area contributed by atoms with Gasteiger partial charge in [0.25, 0.3) is 0 Å². The number of aliphatic hydroxyl groups excluding tert-OH is 1. The number of hydrogen-bond donors (Lipinski definition) is 2. The number of nitrogens with one attached hydrogen (secondary N) is 1. The van der Waals surface area contributed by atoms with Gasteiger partial charge in [0.15, 0.2) is 0 Å². The van der Waals surface area contributed by atoms with Crippen molar-refractivity contribution in [3.63, 3.8) is 0 Å². The summed E-state index contributed by atoms with van der Waals surface area (Å²) in [6.45, 7) is 1.93. The molecule has 1 amide bonds.